The maximum absolute atomic E-state index is 8.90. The molecule has 0 aliphatic rings. The first-order chi connectivity index (χ1) is 7.86. The van der Waals surface area contributed by atoms with Gasteiger partial charge in [0.05, 0.1) is 6.61 Å². The fraction of sp³-hybridized carbons (Fsp3) is 0.538. The van der Waals surface area contributed by atoms with Gasteiger partial charge in [-0.2, -0.15) is 0 Å². The third kappa shape index (κ3) is 5.54. The van der Waals surface area contributed by atoms with Crippen molar-refractivity contribution in [1.82, 2.24) is 0 Å². The zero-order chi connectivity index (χ0) is 11.6. The van der Waals surface area contributed by atoms with E-state index in [1.807, 2.05) is 23.9 Å². The molecule has 0 saturated heterocycles. The normalized spacial score (nSPS) is 10.6. The predicted molar refractivity (Wildman–Crippen MR) is 68.6 cm³/mol. The van der Waals surface area contributed by atoms with Crippen molar-refractivity contribution < 1.29 is 10.2 Å². The molecule has 2 N–H and O–H groups in total. The summed E-state index contributed by atoms with van der Waals surface area (Å²) in [6, 6.07) is 8.05. The zero-order valence-electron chi connectivity index (χ0n) is 9.56. The Kier molecular flexibility index (Phi) is 7.30. The first-order valence-electron chi connectivity index (χ1n) is 5.80. The lowest BCUT2D eigenvalue weighted by atomic mass is 10.2. The Morgan fingerprint density at radius 1 is 0.875 bits per heavy atom. The largest absolute Gasteiger partial charge is 0.396 e. The van der Waals surface area contributed by atoms with Crippen LogP contribution in [0.4, 0.5) is 0 Å². The van der Waals surface area contributed by atoms with Crippen LogP contribution >= 0.6 is 11.8 Å². The number of hydrogen-bond donors (Lipinski definition) is 2. The molecular formula is C13H20O2S. The Balaban J connectivity index is 2.12. The van der Waals surface area contributed by atoms with Crippen LogP contribution in [0.2, 0.25) is 0 Å². The molecule has 1 aromatic rings. The Bertz CT molecular complexity index is 272. The Labute approximate surface area is 102 Å². The van der Waals surface area contributed by atoms with Crippen molar-refractivity contribution in [2.75, 3.05) is 12.4 Å². The van der Waals surface area contributed by atoms with Gasteiger partial charge in [0.2, 0.25) is 0 Å². The third-order valence-electron chi connectivity index (χ3n) is 2.43. The molecular weight excluding hydrogens is 220 g/mol. The minimum Gasteiger partial charge on any atom is -0.396 e. The Hall–Kier alpha value is -0.510. The minimum absolute atomic E-state index is 0.117. The van der Waals surface area contributed by atoms with Gasteiger partial charge >= 0.3 is 0 Å². The fourth-order valence-electron chi connectivity index (χ4n) is 1.45. The SMILES string of the molecule is OCCCCCCSc1ccc(CO)cc1. The van der Waals surface area contributed by atoms with Crippen LogP contribution in [0.3, 0.4) is 0 Å². The van der Waals surface area contributed by atoms with Gasteiger partial charge in [-0.1, -0.05) is 25.0 Å². The van der Waals surface area contributed by atoms with Gasteiger partial charge in [0.15, 0.2) is 0 Å². The van der Waals surface area contributed by atoms with Gasteiger partial charge in [0, 0.05) is 11.5 Å². The summed E-state index contributed by atoms with van der Waals surface area (Å²) in [4.78, 5) is 1.26. The van der Waals surface area contributed by atoms with E-state index in [9.17, 15) is 0 Å². The Morgan fingerprint density at radius 3 is 2.19 bits per heavy atom. The van der Waals surface area contributed by atoms with Crippen molar-refractivity contribution in [3.63, 3.8) is 0 Å². The molecule has 16 heavy (non-hydrogen) atoms. The highest BCUT2D eigenvalue weighted by Gasteiger charge is 1.95. The van der Waals surface area contributed by atoms with Crippen molar-refractivity contribution in [2.45, 2.75) is 37.2 Å². The molecule has 0 unspecified atom stereocenters. The summed E-state index contributed by atoms with van der Waals surface area (Å²) in [5.74, 6) is 1.13. The van der Waals surface area contributed by atoms with E-state index in [1.54, 1.807) is 0 Å². The van der Waals surface area contributed by atoms with Gasteiger partial charge in [-0.25, -0.2) is 0 Å². The minimum atomic E-state index is 0.117. The summed E-state index contributed by atoms with van der Waals surface area (Å²) in [5, 5.41) is 17.5. The number of benzene rings is 1. The van der Waals surface area contributed by atoms with E-state index in [1.165, 1.54) is 17.7 Å². The molecule has 0 aromatic heterocycles. The van der Waals surface area contributed by atoms with Crippen molar-refractivity contribution in [2.24, 2.45) is 0 Å². The molecule has 2 nitrogen and oxygen atoms in total. The summed E-state index contributed by atoms with van der Waals surface area (Å²) < 4.78 is 0. The number of unbranched alkanes of at least 4 members (excludes halogenated alkanes) is 3. The number of rotatable bonds is 8. The monoisotopic (exact) mass is 240 g/mol. The van der Waals surface area contributed by atoms with E-state index in [2.05, 4.69) is 12.1 Å². The Morgan fingerprint density at radius 2 is 1.56 bits per heavy atom. The van der Waals surface area contributed by atoms with E-state index in [4.69, 9.17) is 10.2 Å². The van der Waals surface area contributed by atoms with Gasteiger partial charge in [0.25, 0.3) is 0 Å². The van der Waals surface area contributed by atoms with Crippen LogP contribution in [0.15, 0.2) is 29.2 Å². The van der Waals surface area contributed by atoms with Crippen LogP contribution in [-0.2, 0) is 6.61 Å². The predicted octanol–water partition coefficient (Wildman–Crippen LogP) is 2.82. The molecule has 0 aliphatic carbocycles. The summed E-state index contributed by atoms with van der Waals surface area (Å²) in [7, 11) is 0. The van der Waals surface area contributed by atoms with Crippen LogP contribution in [0.25, 0.3) is 0 Å². The average Bonchev–Trinajstić information content (AvgIpc) is 2.34. The lowest BCUT2D eigenvalue weighted by molar-refractivity contribution is 0.281. The first-order valence-corrected chi connectivity index (χ1v) is 6.79. The number of aliphatic hydroxyl groups excluding tert-OH is 2. The summed E-state index contributed by atoms with van der Waals surface area (Å²) >= 11 is 1.85. The highest BCUT2D eigenvalue weighted by Crippen LogP contribution is 2.20. The maximum Gasteiger partial charge on any atom is 0.0681 e. The lowest BCUT2D eigenvalue weighted by Crippen LogP contribution is -1.86. The molecule has 0 bridgehead atoms. The first kappa shape index (κ1) is 13.6. The summed E-state index contributed by atoms with van der Waals surface area (Å²) in [5.41, 5.74) is 0.965. The molecule has 3 heteroatoms. The third-order valence-corrected chi connectivity index (χ3v) is 3.53. The molecule has 0 heterocycles. The van der Waals surface area contributed by atoms with Crippen molar-refractivity contribution in [3.05, 3.63) is 29.8 Å². The highest BCUT2D eigenvalue weighted by atomic mass is 32.2. The van der Waals surface area contributed by atoms with E-state index in [0.717, 1.165) is 24.2 Å². The summed E-state index contributed by atoms with van der Waals surface area (Å²) in [6.45, 7) is 0.432. The summed E-state index contributed by atoms with van der Waals surface area (Å²) in [6.07, 6.45) is 4.45. The average molecular weight is 240 g/mol. The van der Waals surface area contributed by atoms with E-state index in [0.29, 0.717) is 6.61 Å². The molecule has 0 spiro atoms. The van der Waals surface area contributed by atoms with Gasteiger partial charge < -0.3 is 10.2 Å². The molecule has 1 aromatic carbocycles. The highest BCUT2D eigenvalue weighted by molar-refractivity contribution is 7.99. The molecule has 0 fully saturated rings. The second kappa shape index (κ2) is 8.62. The standard InChI is InChI=1S/C13H20O2S/c14-9-3-1-2-4-10-16-13-7-5-12(11-15)6-8-13/h5-8,14-15H,1-4,9-11H2. The zero-order valence-corrected chi connectivity index (χ0v) is 10.4. The topological polar surface area (TPSA) is 40.5 Å². The van der Waals surface area contributed by atoms with E-state index in [-0.39, 0.29) is 6.61 Å². The molecule has 90 valence electrons. The van der Waals surface area contributed by atoms with E-state index < -0.39 is 0 Å². The van der Waals surface area contributed by atoms with E-state index >= 15 is 0 Å². The maximum atomic E-state index is 8.90. The molecule has 0 saturated carbocycles. The number of hydrogen-bond acceptors (Lipinski definition) is 3. The van der Waals surface area contributed by atoms with Crippen LogP contribution in [0.1, 0.15) is 31.2 Å². The van der Waals surface area contributed by atoms with Gasteiger partial charge in [-0.3, -0.25) is 0 Å². The van der Waals surface area contributed by atoms with Crippen molar-refractivity contribution in [1.29, 1.82) is 0 Å². The van der Waals surface area contributed by atoms with Crippen molar-refractivity contribution in [3.8, 4) is 0 Å². The van der Waals surface area contributed by atoms with Crippen LogP contribution in [-0.4, -0.2) is 22.6 Å². The van der Waals surface area contributed by atoms with Crippen LogP contribution < -0.4 is 0 Å². The van der Waals surface area contributed by atoms with Crippen LogP contribution in [0.5, 0.6) is 0 Å². The number of aliphatic hydroxyl groups is 2. The van der Waals surface area contributed by atoms with Crippen molar-refractivity contribution >= 4 is 11.8 Å². The second-order valence-corrected chi connectivity index (χ2v) is 4.96. The quantitative estimate of drug-likeness (QED) is 0.542. The van der Waals surface area contributed by atoms with Gasteiger partial charge in [0.1, 0.15) is 0 Å². The smallest absolute Gasteiger partial charge is 0.0681 e. The molecule has 0 radical (unpaired) electrons. The lowest BCUT2D eigenvalue weighted by Gasteiger charge is -2.02. The second-order valence-electron chi connectivity index (χ2n) is 3.79. The molecule has 1 rings (SSSR count). The fourth-order valence-corrected chi connectivity index (χ4v) is 2.36. The van der Waals surface area contributed by atoms with Gasteiger partial charge in [-0.05, 0) is 36.3 Å². The van der Waals surface area contributed by atoms with Gasteiger partial charge in [-0.15, -0.1) is 11.8 Å². The molecule has 0 aliphatic heterocycles. The number of thioether (sulfide) groups is 1. The molecule has 0 atom stereocenters. The molecule has 0 amide bonds. The van der Waals surface area contributed by atoms with Crippen LogP contribution in [0, 0.1) is 0 Å².